The van der Waals surface area contributed by atoms with Crippen LogP contribution in [0.15, 0.2) is 72.8 Å². The molecular weight excluding hydrogens is 396 g/mol. The molecule has 0 heterocycles. The lowest BCUT2D eigenvalue weighted by molar-refractivity contribution is 0.762. The zero-order valence-corrected chi connectivity index (χ0v) is 20.8. The average Bonchev–Trinajstić information content (AvgIpc) is 3.08. The van der Waals surface area contributed by atoms with E-state index in [1.807, 2.05) is 0 Å². The molecule has 0 saturated carbocycles. The van der Waals surface area contributed by atoms with Gasteiger partial charge in [0.25, 0.3) is 0 Å². The summed E-state index contributed by atoms with van der Waals surface area (Å²) < 4.78 is 0. The standard InChI is InChI=1S/C33H34/c1-7-25-11-13-27(19-23(25)5)33(28-14-12-26(8-2)24(6)20-28)31-17-21(3)9-15-29(31)30-16-10-22(4)18-32(30)33/h9-20H,7-8H2,1-6H3. The van der Waals surface area contributed by atoms with Crippen molar-refractivity contribution in [2.24, 2.45) is 0 Å². The van der Waals surface area contributed by atoms with Gasteiger partial charge < -0.3 is 0 Å². The maximum atomic E-state index is 2.45. The van der Waals surface area contributed by atoms with Gasteiger partial charge in [-0.05, 0) is 96.2 Å². The molecule has 4 aromatic carbocycles. The van der Waals surface area contributed by atoms with E-state index in [1.54, 1.807) is 0 Å². The van der Waals surface area contributed by atoms with Gasteiger partial charge in [-0.3, -0.25) is 0 Å². The molecule has 5 rings (SSSR count). The Labute approximate surface area is 199 Å². The van der Waals surface area contributed by atoms with E-state index in [2.05, 4.69) is 114 Å². The van der Waals surface area contributed by atoms with E-state index in [0.717, 1.165) is 12.8 Å². The molecule has 0 radical (unpaired) electrons. The number of hydrogen-bond donors (Lipinski definition) is 0. The number of rotatable bonds is 4. The maximum Gasteiger partial charge on any atom is 0.0713 e. The molecule has 166 valence electrons. The molecular formula is C33H34. The summed E-state index contributed by atoms with van der Waals surface area (Å²) in [7, 11) is 0. The van der Waals surface area contributed by atoms with Gasteiger partial charge in [-0.25, -0.2) is 0 Å². The second-order valence-corrected chi connectivity index (χ2v) is 9.84. The first-order valence-corrected chi connectivity index (χ1v) is 12.3. The number of fused-ring (bicyclic) bond motifs is 3. The fourth-order valence-corrected chi connectivity index (χ4v) is 5.99. The van der Waals surface area contributed by atoms with Crippen LogP contribution in [0, 0.1) is 27.7 Å². The third-order valence-electron chi connectivity index (χ3n) is 7.76. The summed E-state index contributed by atoms with van der Waals surface area (Å²) in [6.45, 7) is 13.5. The molecule has 1 aliphatic carbocycles. The monoisotopic (exact) mass is 430 g/mol. The van der Waals surface area contributed by atoms with Crippen LogP contribution in [-0.4, -0.2) is 0 Å². The molecule has 0 atom stereocenters. The van der Waals surface area contributed by atoms with Gasteiger partial charge in [0.15, 0.2) is 0 Å². The largest absolute Gasteiger partial charge is 0.0713 e. The Hall–Kier alpha value is -3.12. The van der Waals surface area contributed by atoms with Crippen LogP contribution in [0.2, 0.25) is 0 Å². The first-order chi connectivity index (χ1) is 15.9. The molecule has 0 unspecified atom stereocenters. The minimum Gasteiger partial charge on any atom is -0.0613 e. The van der Waals surface area contributed by atoms with Crippen molar-refractivity contribution in [2.45, 2.75) is 59.8 Å². The summed E-state index contributed by atoms with van der Waals surface area (Å²) in [5, 5.41) is 0. The quantitative estimate of drug-likeness (QED) is 0.268. The van der Waals surface area contributed by atoms with E-state index in [-0.39, 0.29) is 5.41 Å². The fraction of sp³-hybridized carbons (Fsp3) is 0.273. The van der Waals surface area contributed by atoms with Crippen molar-refractivity contribution < 1.29 is 0 Å². The number of benzene rings is 4. The first-order valence-electron chi connectivity index (χ1n) is 12.3. The van der Waals surface area contributed by atoms with Gasteiger partial charge in [0, 0.05) is 0 Å². The highest BCUT2D eigenvalue weighted by Crippen LogP contribution is 2.56. The van der Waals surface area contributed by atoms with Crippen molar-refractivity contribution in [3.8, 4) is 11.1 Å². The Morgan fingerprint density at radius 1 is 0.515 bits per heavy atom. The van der Waals surface area contributed by atoms with Crippen molar-refractivity contribution in [1.29, 1.82) is 0 Å². The van der Waals surface area contributed by atoms with Crippen molar-refractivity contribution in [3.05, 3.63) is 128 Å². The minimum atomic E-state index is -0.309. The molecule has 0 aromatic heterocycles. The summed E-state index contributed by atoms with van der Waals surface area (Å²) in [5.41, 5.74) is 16.2. The Kier molecular flexibility index (Phi) is 5.28. The molecule has 0 amide bonds. The minimum absolute atomic E-state index is 0.309. The lowest BCUT2D eigenvalue weighted by Gasteiger charge is -2.35. The van der Waals surface area contributed by atoms with Gasteiger partial charge >= 0.3 is 0 Å². The van der Waals surface area contributed by atoms with Crippen molar-refractivity contribution in [3.63, 3.8) is 0 Å². The van der Waals surface area contributed by atoms with E-state index < -0.39 is 0 Å². The van der Waals surface area contributed by atoms with E-state index in [4.69, 9.17) is 0 Å². The predicted molar refractivity (Wildman–Crippen MR) is 141 cm³/mol. The Balaban J connectivity index is 1.96. The molecule has 0 heteroatoms. The second-order valence-electron chi connectivity index (χ2n) is 9.84. The normalized spacial score (nSPS) is 13.6. The summed E-state index contributed by atoms with van der Waals surface area (Å²) in [5.74, 6) is 0. The third-order valence-corrected chi connectivity index (χ3v) is 7.76. The lowest BCUT2D eigenvalue weighted by Crippen LogP contribution is -2.29. The number of aryl methyl sites for hydroxylation is 6. The van der Waals surface area contributed by atoms with Crippen LogP contribution in [0.1, 0.15) is 69.5 Å². The third kappa shape index (κ3) is 3.19. The average molecular weight is 431 g/mol. The molecule has 0 saturated heterocycles. The molecule has 0 N–H and O–H groups in total. The summed E-state index contributed by atoms with van der Waals surface area (Å²) in [4.78, 5) is 0. The molecule has 33 heavy (non-hydrogen) atoms. The lowest BCUT2D eigenvalue weighted by atomic mass is 9.66. The maximum absolute atomic E-state index is 2.45. The fourth-order valence-electron chi connectivity index (χ4n) is 5.99. The Morgan fingerprint density at radius 2 is 0.939 bits per heavy atom. The van der Waals surface area contributed by atoms with Crippen molar-refractivity contribution in [2.75, 3.05) is 0 Å². The molecule has 0 bridgehead atoms. The summed E-state index contributed by atoms with van der Waals surface area (Å²) >= 11 is 0. The zero-order chi connectivity index (χ0) is 23.3. The molecule has 0 nitrogen and oxygen atoms in total. The van der Waals surface area contributed by atoms with Gasteiger partial charge in [0.2, 0.25) is 0 Å². The smallest absolute Gasteiger partial charge is 0.0613 e. The molecule has 0 spiro atoms. The highest BCUT2D eigenvalue weighted by molar-refractivity contribution is 5.87. The summed E-state index contributed by atoms with van der Waals surface area (Å²) in [6.07, 6.45) is 2.13. The Morgan fingerprint density at radius 3 is 1.30 bits per heavy atom. The van der Waals surface area contributed by atoms with Crippen molar-refractivity contribution >= 4 is 0 Å². The first kappa shape index (κ1) is 21.7. The topological polar surface area (TPSA) is 0 Å². The van der Waals surface area contributed by atoms with Crippen molar-refractivity contribution in [1.82, 2.24) is 0 Å². The van der Waals surface area contributed by atoms with Gasteiger partial charge in [-0.15, -0.1) is 0 Å². The molecule has 0 fully saturated rings. The van der Waals surface area contributed by atoms with Crippen LogP contribution in [-0.2, 0) is 18.3 Å². The van der Waals surface area contributed by atoms with E-state index in [9.17, 15) is 0 Å². The number of hydrogen-bond acceptors (Lipinski definition) is 0. The van der Waals surface area contributed by atoms with Gasteiger partial charge in [-0.2, -0.15) is 0 Å². The summed E-state index contributed by atoms with van der Waals surface area (Å²) in [6, 6.07) is 28.4. The Bertz CT molecular complexity index is 1260. The van der Waals surface area contributed by atoms with Gasteiger partial charge in [0.1, 0.15) is 0 Å². The molecule has 1 aliphatic rings. The van der Waals surface area contributed by atoms with Crippen LogP contribution >= 0.6 is 0 Å². The van der Waals surface area contributed by atoms with E-state index >= 15 is 0 Å². The van der Waals surface area contributed by atoms with Crippen LogP contribution in [0.4, 0.5) is 0 Å². The van der Waals surface area contributed by atoms with E-state index in [1.165, 1.54) is 66.8 Å². The molecule has 4 aromatic rings. The van der Waals surface area contributed by atoms with Crippen LogP contribution in [0.25, 0.3) is 11.1 Å². The molecule has 0 aliphatic heterocycles. The van der Waals surface area contributed by atoms with Crippen LogP contribution < -0.4 is 0 Å². The predicted octanol–water partition coefficient (Wildman–Crippen LogP) is 8.41. The zero-order valence-electron chi connectivity index (χ0n) is 20.8. The SMILES string of the molecule is CCc1ccc(C2(c3ccc(CC)c(C)c3)c3cc(C)ccc3-c3ccc(C)cc32)cc1C. The van der Waals surface area contributed by atoms with Crippen LogP contribution in [0.3, 0.4) is 0 Å². The van der Waals surface area contributed by atoms with E-state index in [0.29, 0.717) is 0 Å². The van der Waals surface area contributed by atoms with Gasteiger partial charge in [0.05, 0.1) is 5.41 Å². The highest BCUT2D eigenvalue weighted by atomic mass is 14.5. The van der Waals surface area contributed by atoms with Gasteiger partial charge in [-0.1, -0.05) is 97.8 Å². The van der Waals surface area contributed by atoms with Crippen LogP contribution in [0.5, 0.6) is 0 Å². The highest BCUT2D eigenvalue weighted by Gasteiger charge is 2.46. The second kappa shape index (κ2) is 8.03.